The summed E-state index contributed by atoms with van der Waals surface area (Å²) in [6, 6.07) is 7.64. The van der Waals surface area contributed by atoms with Gasteiger partial charge in [-0.05, 0) is 45.0 Å². The number of amides is 1. The molecule has 4 nitrogen and oxygen atoms in total. The summed E-state index contributed by atoms with van der Waals surface area (Å²) >= 11 is 0. The zero-order valence-corrected chi connectivity index (χ0v) is 13.1. The Labute approximate surface area is 122 Å². The van der Waals surface area contributed by atoms with Gasteiger partial charge in [-0.25, -0.2) is 0 Å². The van der Waals surface area contributed by atoms with E-state index in [1.165, 1.54) is 0 Å². The van der Waals surface area contributed by atoms with Crippen molar-refractivity contribution in [2.75, 3.05) is 18.9 Å². The summed E-state index contributed by atoms with van der Waals surface area (Å²) < 4.78 is 0. The van der Waals surface area contributed by atoms with Crippen LogP contribution in [0.3, 0.4) is 0 Å². The minimum Gasteiger partial charge on any atom is -0.326 e. The molecule has 0 aliphatic carbocycles. The summed E-state index contributed by atoms with van der Waals surface area (Å²) in [6.45, 7) is 7.82. The van der Waals surface area contributed by atoms with Gasteiger partial charge in [0.05, 0.1) is 0 Å². The molecule has 0 aliphatic rings. The monoisotopic (exact) mass is 277 g/mol. The number of anilines is 1. The summed E-state index contributed by atoms with van der Waals surface area (Å²) in [6.07, 6.45) is 1.56. The average Bonchev–Trinajstić information content (AvgIpc) is 2.45. The predicted molar refractivity (Wildman–Crippen MR) is 84.6 cm³/mol. The third kappa shape index (κ3) is 4.94. The lowest BCUT2D eigenvalue weighted by molar-refractivity contribution is -0.116. The smallest absolute Gasteiger partial charge is 0.225 e. The Morgan fingerprint density at radius 2 is 1.90 bits per heavy atom. The third-order valence-corrected chi connectivity index (χ3v) is 4.05. The first-order valence-corrected chi connectivity index (χ1v) is 7.19. The summed E-state index contributed by atoms with van der Waals surface area (Å²) in [7, 11) is 2.06. The molecule has 0 atom stereocenters. The van der Waals surface area contributed by atoms with E-state index in [1.54, 1.807) is 0 Å². The van der Waals surface area contributed by atoms with E-state index in [4.69, 9.17) is 5.73 Å². The van der Waals surface area contributed by atoms with Gasteiger partial charge in [0.1, 0.15) is 0 Å². The molecule has 4 heteroatoms. The van der Waals surface area contributed by atoms with E-state index in [-0.39, 0.29) is 11.4 Å². The molecular formula is C16H27N3O. The highest BCUT2D eigenvalue weighted by molar-refractivity contribution is 5.90. The summed E-state index contributed by atoms with van der Waals surface area (Å²) in [5, 5.41) is 2.91. The van der Waals surface area contributed by atoms with Crippen LogP contribution in [0.1, 0.15) is 39.2 Å². The van der Waals surface area contributed by atoms with Crippen molar-refractivity contribution >= 4 is 11.6 Å². The van der Waals surface area contributed by atoms with E-state index in [2.05, 4.69) is 38.0 Å². The number of nitrogens with zero attached hydrogens (tertiary/aromatic N) is 1. The number of rotatable bonds is 7. The first kappa shape index (κ1) is 16.7. The van der Waals surface area contributed by atoms with Gasteiger partial charge in [0.15, 0.2) is 0 Å². The SMILES string of the molecule is CCC(C)(C)N(C)CCC(=O)Nc1ccc(CN)cc1. The van der Waals surface area contributed by atoms with Crippen molar-refractivity contribution in [1.29, 1.82) is 0 Å². The number of hydrogen-bond donors (Lipinski definition) is 2. The van der Waals surface area contributed by atoms with Crippen molar-refractivity contribution in [2.24, 2.45) is 5.73 Å². The molecule has 1 amide bonds. The summed E-state index contributed by atoms with van der Waals surface area (Å²) in [5.74, 6) is 0.0456. The maximum absolute atomic E-state index is 11.9. The molecule has 0 saturated carbocycles. The average molecular weight is 277 g/mol. The quantitative estimate of drug-likeness (QED) is 0.805. The normalized spacial score (nSPS) is 11.7. The van der Waals surface area contributed by atoms with Crippen LogP contribution in [-0.2, 0) is 11.3 Å². The van der Waals surface area contributed by atoms with Crippen LogP contribution in [0.5, 0.6) is 0 Å². The van der Waals surface area contributed by atoms with E-state index in [9.17, 15) is 4.79 Å². The number of carbonyl (C=O) groups excluding carboxylic acids is 1. The number of benzene rings is 1. The molecule has 0 saturated heterocycles. The fourth-order valence-electron chi connectivity index (χ4n) is 1.79. The first-order chi connectivity index (χ1) is 9.39. The zero-order valence-electron chi connectivity index (χ0n) is 13.1. The Morgan fingerprint density at radius 3 is 2.40 bits per heavy atom. The standard InChI is InChI=1S/C16H27N3O/c1-5-16(2,3)19(4)11-10-15(20)18-14-8-6-13(12-17)7-9-14/h6-9H,5,10-12,17H2,1-4H3,(H,18,20). The van der Waals surface area contributed by atoms with Crippen LogP contribution in [0.25, 0.3) is 0 Å². The van der Waals surface area contributed by atoms with E-state index in [0.29, 0.717) is 13.0 Å². The van der Waals surface area contributed by atoms with Crippen LogP contribution < -0.4 is 11.1 Å². The lowest BCUT2D eigenvalue weighted by Gasteiger charge is -2.34. The number of nitrogens with two attached hydrogens (primary N) is 1. The molecule has 112 valence electrons. The minimum atomic E-state index is 0.0456. The number of nitrogens with one attached hydrogen (secondary N) is 1. The lowest BCUT2D eigenvalue weighted by Crippen LogP contribution is -2.41. The number of hydrogen-bond acceptors (Lipinski definition) is 3. The molecule has 20 heavy (non-hydrogen) atoms. The maximum atomic E-state index is 11.9. The van der Waals surface area contributed by atoms with Crippen LogP contribution in [0.4, 0.5) is 5.69 Å². The molecule has 1 aromatic rings. The topological polar surface area (TPSA) is 58.4 Å². The molecule has 0 spiro atoms. The number of carbonyl (C=O) groups is 1. The molecule has 0 heterocycles. The Morgan fingerprint density at radius 1 is 1.30 bits per heavy atom. The molecular weight excluding hydrogens is 250 g/mol. The lowest BCUT2D eigenvalue weighted by atomic mass is 10.00. The van der Waals surface area contributed by atoms with Gasteiger partial charge in [0.25, 0.3) is 0 Å². The van der Waals surface area contributed by atoms with Gasteiger partial charge < -0.3 is 16.0 Å². The van der Waals surface area contributed by atoms with Crippen LogP contribution in [0, 0.1) is 0 Å². The largest absolute Gasteiger partial charge is 0.326 e. The van der Waals surface area contributed by atoms with E-state index in [1.807, 2.05) is 24.3 Å². The van der Waals surface area contributed by atoms with Gasteiger partial charge in [-0.3, -0.25) is 4.79 Å². The Bertz CT molecular complexity index is 426. The van der Waals surface area contributed by atoms with Crippen molar-refractivity contribution in [3.63, 3.8) is 0 Å². The van der Waals surface area contributed by atoms with Crippen LogP contribution in [0.15, 0.2) is 24.3 Å². The summed E-state index contributed by atoms with van der Waals surface area (Å²) in [5.41, 5.74) is 7.56. The Kier molecular flexibility index (Phi) is 6.17. The minimum absolute atomic E-state index is 0.0456. The van der Waals surface area contributed by atoms with Gasteiger partial charge in [0, 0.05) is 30.7 Å². The van der Waals surface area contributed by atoms with Crippen molar-refractivity contribution in [3.8, 4) is 0 Å². The molecule has 3 N–H and O–H groups in total. The molecule has 1 rings (SSSR count). The van der Waals surface area contributed by atoms with Crippen molar-refractivity contribution in [3.05, 3.63) is 29.8 Å². The van der Waals surface area contributed by atoms with Gasteiger partial charge in [-0.2, -0.15) is 0 Å². The van der Waals surface area contributed by atoms with Gasteiger partial charge in [0.2, 0.25) is 5.91 Å². The Balaban J connectivity index is 2.43. The fraction of sp³-hybridized carbons (Fsp3) is 0.562. The predicted octanol–water partition coefficient (Wildman–Crippen LogP) is 2.59. The molecule has 0 aliphatic heterocycles. The van der Waals surface area contributed by atoms with Gasteiger partial charge in [-0.15, -0.1) is 0 Å². The van der Waals surface area contributed by atoms with Crippen LogP contribution in [0.2, 0.25) is 0 Å². The molecule has 0 bridgehead atoms. The fourth-order valence-corrected chi connectivity index (χ4v) is 1.79. The van der Waals surface area contributed by atoms with Crippen LogP contribution >= 0.6 is 0 Å². The van der Waals surface area contributed by atoms with Gasteiger partial charge in [-0.1, -0.05) is 19.1 Å². The highest BCUT2D eigenvalue weighted by Crippen LogP contribution is 2.16. The maximum Gasteiger partial charge on any atom is 0.225 e. The van der Waals surface area contributed by atoms with Crippen molar-refractivity contribution in [1.82, 2.24) is 4.90 Å². The Hall–Kier alpha value is -1.39. The third-order valence-electron chi connectivity index (χ3n) is 4.05. The molecule has 0 fully saturated rings. The molecule has 0 unspecified atom stereocenters. The second kappa shape index (κ2) is 7.41. The summed E-state index contributed by atoms with van der Waals surface area (Å²) in [4.78, 5) is 14.2. The van der Waals surface area contributed by atoms with Crippen molar-refractivity contribution < 1.29 is 4.79 Å². The zero-order chi connectivity index (χ0) is 15.2. The highest BCUT2D eigenvalue weighted by atomic mass is 16.1. The molecule has 0 aromatic heterocycles. The molecule has 1 aromatic carbocycles. The molecule has 0 radical (unpaired) electrons. The highest BCUT2D eigenvalue weighted by Gasteiger charge is 2.21. The van der Waals surface area contributed by atoms with Gasteiger partial charge >= 0.3 is 0 Å². The first-order valence-electron chi connectivity index (χ1n) is 7.19. The second-order valence-electron chi connectivity index (χ2n) is 5.79. The van der Waals surface area contributed by atoms with Crippen LogP contribution in [-0.4, -0.2) is 29.9 Å². The second-order valence-corrected chi connectivity index (χ2v) is 5.79. The van der Waals surface area contributed by atoms with Crippen molar-refractivity contribution in [2.45, 2.75) is 45.7 Å². The van der Waals surface area contributed by atoms with E-state index < -0.39 is 0 Å². The van der Waals surface area contributed by atoms with E-state index >= 15 is 0 Å². The van der Waals surface area contributed by atoms with E-state index in [0.717, 1.165) is 24.2 Å².